The lowest BCUT2D eigenvalue weighted by Gasteiger charge is -1.94. The quantitative estimate of drug-likeness (QED) is 0.431. The number of hydrogen-bond donors (Lipinski definition) is 0. The van der Waals surface area contributed by atoms with Gasteiger partial charge in [-0.3, -0.25) is 0 Å². The molecule has 0 aliphatic heterocycles. The van der Waals surface area contributed by atoms with Crippen LogP contribution in [0.2, 0.25) is 0 Å². The van der Waals surface area contributed by atoms with Gasteiger partial charge in [0.05, 0.1) is 0 Å². The lowest BCUT2D eigenvalue weighted by Crippen LogP contribution is -0.662. The molecule has 38 valence electrons. The van der Waals surface area contributed by atoms with Crippen molar-refractivity contribution in [3.63, 3.8) is 0 Å². The molecule has 0 unspecified atom stereocenters. The zero-order valence-corrected chi connectivity index (χ0v) is 9.39. The summed E-state index contributed by atoms with van der Waals surface area (Å²) in [5, 5.41) is 0. The minimum absolute atomic E-state index is 0.671. The fourth-order valence-electron chi connectivity index (χ4n) is 0.590. The highest BCUT2D eigenvalue weighted by molar-refractivity contribution is 9.09. The Bertz CT molecular complexity index is 278. The van der Waals surface area contributed by atoms with Gasteiger partial charge in [0.15, 0.2) is 0 Å². The molecule has 4 heterocycles. The smallest absolute Gasteiger partial charge is 0.362 e. The molecule has 4 rings (SSSR count). The lowest BCUT2D eigenvalue weighted by atomic mass is 29.5. The summed E-state index contributed by atoms with van der Waals surface area (Å²) < 4.78 is 0. The monoisotopic (exact) mass is 217 g/mol. The van der Waals surface area contributed by atoms with E-state index < -0.39 is 0 Å². The molecular weight excluding hydrogens is 217 g/mol. The Labute approximate surface area is 48.5 Å². The molecule has 4 aromatic heterocycles. The Hall–Kier alpha value is 2.10. The van der Waals surface area contributed by atoms with Gasteiger partial charge in [0, 0.05) is 0 Å². The summed E-state index contributed by atoms with van der Waals surface area (Å²) >= 11 is 0. The second-order valence-electron chi connectivity index (χ2n) is 1.34. The normalized spacial score (nSPS) is 27.4. The van der Waals surface area contributed by atoms with Crippen molar-refractivity contribution < 1.29 is 0 Å². The fourth-order valence-corrected chi connectivity index (χ4v) is 143. The fraction of sp³-hybridized carbons (Fsp3) is 0. The third kappa shape index (κ3) is 0.519. The standard InChI is InChI=1S/P7/c1-4-2-6-5(1)7(6)3-4/q-3. The summed E-state index contributed by atoms with van der Waals surface area (Å²) in [6, 6.07) is 0. The van der Waals surface area contributed by atoms with Crippen molar-refractivity contribution in [3.05, 3.63) is 0 Å². The van der Waals surface area contributed by atoms with E-state index in [4.69, 9.17) is 0 Å². The zero-order chi connectivity index (χ0) is 4.43. The number of hydrogen-bond acceptors (Lipinski definition) is 0. The van der Waals surface area contributed by atoms with Crippen LogP contribution in [0.15, 0.2) is 0 Å². The first kappa shape index (κ1) is 4.85. The summed E-state index contributed by atoms with van der Waals surface area (Å²) in [7, 11) is 6.00. The average Bonchev–Trinajstić information content (AvgIpc) is 2.10. The van der Waals surface area contributed by atoms with Gasteiger partial charge in [0.25, 0.3) is 0 Å². The average molecular weight is 217 g/mol. The Morgan fingerprint density at radius 2 is 1.14 bits per heavy atom. The van der Waals surface area contributed by atoms with Crippen molar-refractivity contribution in [3.8, 4) is 0 Å². The third-order valence-corrected chi connectivity index (χ3v) is 70.5. The van der Waals surface area contributed by atoms with Crippen molar-refractivity contribution >= 4 is 48.1 Å². The van der Waals surface area contributed by atoms with Crippen LogP contribution >= 0.6 is 48.1 Å². The number of rotatable bonds is 0. The van der Waals surface area contributed by atoms with Crippen LogP contribution in [-0.4, -0.2) is 0 Å². The van der Waals surface area contributed by atoms with Crippen LogP contribution < -0.4 is 0 Å². The maximum Gasteiger partial charge on any atom is -0.362 e. The van der Waals surface area contributed by atoms with E-state index in [2.05, 4.69) is 0 Å². The summed E-state index contributed by atoms with van der Waals surface area (Å²) in [6.45, 7) is 0. The first-order valence-corrected chi connectivity index (χ1v) is 16.2. The van der Waals surface area contributed by atoms with E-state index in [1.807, 2.05) is 22.6 Å². The van der Waals surface area contributed by atoms with Crippen molar-refractivity contribution in [2.75, 3.05) is 0 Å². The molecule has 4 bridgehead atoms. The van der Waals surface area contributed by atoms with Gasteiger partial charge >= 0.3 is 0 Å². The minimum atomic E-state index is 0.671. The molecule has 0 fully saturated rings. The predicted molar refractivity (Wildman–Crippen MR) is 48.4 cm³/mol. The van der Waals surface area contributed by atoms with Gasteiger partial charge in [-0.1, -0.05) is 0 Å². The van der Waals surface area contributed by atoms with E-state index in [-0.39, 0.29) is 0 Å². The molecule has 4 aromatic rings. The Kier molecular flexibility index (Phi) is 0.967. The maximum absolute atomic E-state index is 2.00. The van der Waals surface area contributed by atoms with Crippen LogP contribution in [0.3, 0.4) is 0 Å². The molecule has 0 radical (unpaired) electrons. The highest BCUT2D eigenvalue weighted by Gasteiger charge is 1.74. The van der Waals surface area contributed by atoms with Gasteiger partial charge in [0.1, 0.15) is 0 Å². The molecule has 0 spiro atoms. The lowest BCUT2D eigenvalue weighted by molar-refractivity contribution is 5.40. The van der Waals surface area contributed by atoms with Crippen LogP contribution in [0.1, 0.15) is 0 Å². The van der Waals surface area contributed by atoms with Crippen LogP contribution in [0, 0.1) is 0 Å². The Morgan fingerprint density at radius 3 is 1.29 bits per heavy atom. The molecule has 0 amide bonds. The summed E-state index contributed by atoms with van der Waals surface area (Å²) in [5.41, 5.74) is 0. The summed E-state index contributed by atoms with van der Waals surface area (Å²) in [5.74, 6) is 0. The predicted octanol–water partition coefficient (Wildman–Crippen LogP) is 6.03. The molecule has 7 heavy (non-hydrogen) atoms. The van der Waals surface area contributed by atoms with Gasteiger partial charge in [-0.2, -0.15) is 0 Å². The van der Waals surface area contributed by atoms with E-state index >= 15 is 0 Å². The van der Waals surface area contributed by atoms with Crippen molar-refractivity contribution in [1.29, 1.82) is 0 Å². The van der Waals surface area contributed by atoms with Gasteiger partial charge < -0.3 is 48.1 Å². The van der Waals surface area contributed by atoms with E-state index in [0.717, 1.165) is 19.1 Å². The molecule has 0 saturated heterocycles. The first-order valence-electron chi connectivity index (χ1n) is 1.80. The zero-order valence-electron chi connectivity index (χ0n) is 3.13. The second kappa shape index (κ2) is 1.40. The van der Waals surface area contributed by atoms with Crippen LogP contribution in [-0.2, 0) is 0 Å². The second-order valence-corrected chi connectivity index (χ2v) is 36.2. The first-order chi connectivity index (χ1) is 3.45. The van der Waals surface area contributed by atoms with Gasteiger partial charge in [0.2, 0.25) is 0 Å². The van der Waals surface area contributed by atoms with Gasteiger partial charge in [-0.05, 0) is 0 Å². The highest BCUT2D eigenvalue weighted by atomic mass is 33.1. The topological polar surface area (TPSA) is 0 Å². The molecule has 0 aliphatic rings. The SMILES string of the molecule is [p-]1p2[p-]p3p1p3[p-]2. The molecule has 0 N–H and O–H groups in total. The van der Waals surface area contributed by atoms with Crippen molar-refractivity contribution in [2.24, 2.45) is 0 Å². The van der Waals surface area contributed by atoms with Crippen LogP contribution in [0.4, 0.5) is 0 Å². The highest BCUT2D eigenvalue weighted by Crippen LogP contribution is 3.03. The van der Waals surface area contributed by atoms with E-state index in [1.165, 1.54) is 0 Å². The van der Waals surface area contributed by atoms with E-state index in [9.17, 15) is 0 Å². The maximum atomic E-state index is 2.00. The Balaban J connectivity index is 3.26. The minimum Gasteiger partial charge on any atom is -0.457 e. The van der Waals surface area contributed by atoms with Crippen molar-refractivity contribution in [1.82, 2.24) is 0 Å². The molecule has 0 atom stereocenters. The van der Waals surface area contributed by atoms with Crippen LogP contribution in [0.25, 0.3) is 0 Å². The van der Waals surface area contributed by atoms with E-state index in [0.29, 0.717) is 6.37 Å². The molecule has 0 saturated carbocycles. The third-order valence-electron chi connectivity index (χ3n) is 0.929. The summed E-state index contributed by atoms with van der Waals surface area (Å²) in [4.78, 5) is 0. The van der Waals surface area contributed by atoms with Crippen LogP contribution in [0.5, 0.6) is 0 Å². The van der Waals surface area contributed by atoms with Gasteiger partial charge in [-0.15, -0.1) is 0 Å². The van der Waals surface area contributed by atoms with E-state index in [1.54, 1.807) is 0 Å². The Morgan fingerprint density at radius 1 is 0.714 bits per heavy atom. The molecule has 0 aliphatic carbocycles. The van der Waals surface area contributed by atoms with Crippen molar-refractivity contribution in [2.45, 2.75) is 0 Å². The van der Waals surface area contributed by atoms with Gasteiger partial charge in [-0.25, -0.2) is 0 Å². The molecule has 0 aromatic carbocycles. The molecular formula is P7-3. The molecule has 0 nitrogen and oxygen atoms in total. The summed E-state index contributed by atoms with van der Waals surface area (Å²) in [6.07, 6.45) is 3.13. The molecule has 7 heteroatoms. The largest absolute Gasteiger partial charge is 0.457 e.